The second kappa shape index (κ2) is 13.2. The molecule has 3 N–H and O–H groups in total. The third-order valence-corrected chi connectivity index (χ3v) is 4.34. The Bertz CT molecular complexity index is 614. The van der Waals surface area contributed by atoms with Gasteiger partial charge in [0.05, 0.1) is 39.2 Å². The van der Waals surface area contributed by atoms with Crippen molar-refractivity contribution in [3.8, 4) is 0 Å². The van der Waals surface area contributed by atoms with Gasteiger partial charge in [-0.1, -0.05) is 5.16 Å². The van der Waals surface area contributed by atoms with Gasteiger partial charge in [-0.25, -0.2) is 9.59 Å². The Hall–Kier alpha value is -2.21. The SMILES string of the molecule is CCOC(=O)/C=C(\O/N=C(\N)C1(OCCO)CCN(CN(C)C)CC1)C(=O)OCC. The number of rotatable bonds is 12. The highest BCUT2D eigenvalue weighted by Gasteiger charge is 2.40. The second-order valence-electron chi connectivity index (χ2n) is 6.95. The molecule has 0 radical (unpaired) electrons. The summed E-state index contributed by atoms with van der Waals surface area (Å²) in [5.74, 6) is -2.06. The molecule has 0 aromatic rings. The molecule has 1 aliphatic rings. The van der Waals surface area contributed by atoms with Gasteiger partial charge in [0, 0.05) is 13.1 Å². The summed E-state index contributed by atoms with van der Waals surface area (Å²) >= 11 is 0. The summed E-state index contributed by atoms with van der Waals surface area (Å²) < 4.78 is 15.5. The summed E-state index contributed by atoms with van der Waals surface area (Å²) in [4.78, 5) is 33.2. The first-order valence-corrected chi connectivity index (χ1v) is 9.96. The summed E-state index contributed by atoms with van der Waals surface area (Å²) in [6.07, 6.45) is 1.91. The fraction of sp³-hybridized carbons (Fsp3) is 0.737. The van der Waals surface area contributed by atoms with Crippen LogP contribution in [0.15, 0.2) is 17.0 Å². The molecule has 0 amide bonds. The fourth-order valence-corrected chi connectivity index (χ4v) is 2.97. The Morgan fingerprint density at radius 2 is 1.83 bits per heavy atom. The minimum Gasteiger partial charge on any atom is -0.463 e. The summed E-state index contributed by atoms with van der Waals surface area (Å²) in [6, 6.07) is 0. The standard InChI is InChI=1S/C19H34N4O7/c1-5-27-16(25)13-15(17(26)28-6-2)30-21-18(20)19(29-12-11-24)7-9-23(10-8-19)14-22(3)4/h13,24H,5-12,14H2,1-4H3,(H2,20,21)/b15-13-. The number of likely N-dealkylation sites (tertiary alicyclic amines) is 1. The second-order valence-corrected chi connectivity index (χ2v) is 6.95. The van der Waals surface area contributed by atoms with Crippen molar-refractivity contribution >= 4 is 17.8 Å². The van der Waals surface area contributed by atoms with Crippen LogP contribution in [0, 0.1) is 0 Å². The van der Waals surface area contributed by atoms with Gasteiger partial charge < -0.3 is 29.9 Å². The van der Waals surface area contributed by atoms with Gasteiger partial charge in [0.1, 0.15) is 5.60 Å². The highest BCUT2D eigenvalue weighted by atomic mass is 16.7. The number of carbonyl (C=O) groups is 2. The number of esters is 2. The van der Waals surface area contributed by atoms with E-state index in [2.05, 4.69) is 15.0 Å². The number of amidine groups is 1. The zero-order valence-electron chi connectivity index (χ0n) is 18.3. The lowest BCUT2D eigenvalue weighted by Gasteiger charge is -2.41. The van der Waals surface area contributed by atoms with E-state index in [9.17, 15) is 14.7 Å². The van der Waals surface area contributed by atoms with E-state index in [4.69, 9.17) is 24.8 Å². The summed E-state index contributed by atoms with van der Waals surface area (Å²) in [5, 5.41) is 13.0. The predicted octanol–water partition coefficient (Wildman–Crippen LogP) is -0.352. The third kappa shape index (κ3) is 8.27. The molecule has 1 saturated heterocycles. The van der Waals surface area contributed by atoms with Crippen LogP contribution < -0.4 is 5.73 Å². The molecule has 30 heavy (non-hydrogen) atoms. The Balaban J connectivity index is 2.99. The maximum absolute atomic E-state index is 12.1. The largest absolute Gasteiger partial charge is 0.463 e. The van der Waals surface area contributed by atoms with Crippen LogP contribution in [0.4, 0.5) is 0 Å². The number of carbonyl (C=O) groups excluding carboxylic acids is 2. The van der Waals surface area contributed by atoms with E-state index in [1.54, 1.807) is 13.8 Å². The van der Waals surface area contributed by atoms with Crippen LogP contribution >= 0.6 is 0 Å². The number of aliphatic hydroxyl groups excluding tert-OH is 1. The van der Waals surface area contributed by atoms with Crippen LogP contribution in [0.3, 0.4) is 0 Å². The average molecular weight is 431 g/mol. The molecule has 11 heteroatoms. The lowest BCUT2D eigenvalue weighted by molar-refractivity contribution is -0.144. The number of hydrogen-bond donors (Lipinski definition) is 2. The van der Waals surface area contributed by atoms with E-state index in [-0.39, 0.29) is 32.3 Å². The minimum atomic E-state index is -0.949. The van der Waals surface area contributed by atoms with Gasteiger partial charge in [0.25, 0.3) is 0 Å². The molecular weight excluding hydrogens is 396 g/mol. The number of piperidine rings is 1. The van der Waals surface area contributed by atoms with Crippen molar-refractivity contribution in [3.63, 3.8) is 0 Å². The lowest BCUT2D eigenvalue weighted by atomic mass is 9.90. The van der Waals surface area contributed by atoms with Crippen molar-refractivity contribution in [1.82, 2.24) is 9.80 Å². The Labute approximate surface area is 177 Å². The summed E-state index contributed by atoms with van der Waals surface area (Å²) in [5.41, 5.74) is 5.23. The first-order chi connectivity index (χ1) is 14.3. The van der Waals surface area contributed by atoms with Gasteiger partial charge in [-0.2, -0.15) is 0 Å². The Morgan fingerprint density at radius 3 is 2.37 bits per heavy atom. The van der Waals surface area contributed by atoms with Crippen LogP contribution in [0.5, 0.6) is 0 Å². The van der Waals surface area contributed by atoms with Gasteiger partial charge in [-0.3, -0.25) is 9.80 Å². The van der Waals surface area contributed by atoms with E-state index >= 15 is 0 Å². The predicted molar refractivity (Wildman–Crippen MR) is 109 cm³/mol. The monoisotopic (exact) mass is 430 g/mol. The molecule has 0 aromatic heterocycles. The maximum atomic E-state index is 12.1. The number of oxime groups is 1. The fourth-order valence-electron chi connectivity index (χ4n) is 2.97. The molecule has 1 heterocycles. The summed E-state index contributed by atoms with van der Waals surface area (Å²) in [6.45, 7) is 5.58. The molecule has 0 aromatic carbocycles. The highest BCUT2D eigenvalue weighted by Crippen LogP contribution is 2.27. The van der Waals surface area contributed by atoms with E-state index < -0.39 is 23.3 Å². The van der Waals surface area contributed by atoms with Crippen molar-refractivity contribution < 1.29 is 33.7 Å². The molecule has 1 rings (SSSR count). The third-order valence-electron chi connectivity index (χ3n) is 4.34. The zero-order chi connectivity index (χ0) is 22.6. The number of aliphatic hydroxyl groups is 1. The summed E-state index contributed by atoms with van der Waals surface area (Å²) in [7, 11) is 3.97. The van der Waals surface area contributed by atoms with Crippen LogP contribution in [0.2, 0.25) is 0 Å². The molecule has 0 saturated carbocycles. The van der Waals surface area contributed by atoms with E-state index in [0.717, 1.165) is 12.7 Å². The number of nitrogens with zero attached hydrogens (tertiary/aromatic N) is 3. The molecular formula is C19H34N4O7. The average Bonchev–Trinajstić information content (AvgIpc) is 2.70. The molecule has 172 valence electrons. The molecule has 11 nitrogen and oxygen atoms in total. The van der Waals surface area contributed by atoms with Gasteiger partial charge in [0.2, 0.25) is 5.76 Å². The van der Waals surface area contributed by atoms with Crippen molar-refractivity contribution in [3.05, 3.63) is 11.8 Å². The van der Waals surface area contributed by atoms with Crippen LogP contribution in [-0.2, 0) is 28.6 Å². The molecule has 0 atom stereocenters. The van der Waals surface area contributed by atoms with Gasteiger partial charge in [-0.15, -0.1) is 0 Å². The lowest BCUT2D eigenvalue weighted by Crippen LogP contribution is -2.55. The minimum absolute atomic E-state index is 0.0134. The quantitative estimate of drug-likeness (QED) is 0.106. The smallest absolute Gasteiger partial charge is 0.377 e. The van der Waals surface area contributed by atoms with Crippen molar-refractivity contribution in [2.75, 3.05) is 60.3 Å². The van der Waals surface area contributed by atoms with Gasteiger partial charge in [0.15, 0.2) is 5.84 Å². The highest BCUT2D eigenvalue weighted by molar-refractivity contribution is 5.95. The maximum Gasteiger partial charge on any atom is 0.377 e. The number of ether oxygens (including phenoxy) is 3. The van der Waals surface area contributed by atoms with Crippen LogP contribution in [-0.4, -0.2) is 98.6 Å². The molecule has 1 fully saturated rings. The van der Waals surface area contributed by atoms with Crippen LogP contribution in [0.25, 0.3) is 0 Å². The van der Waals surface area contributed by atoms with E-state index in [1.165, 1.54) is 0 Å². The van der Waals surface area contributed by atoms with Gasteiger partial charge >= 0.3 is 11.9 Å². The number of hydrogen-bond acceptors (Lipinski definition) is 10. The van der Waals surface area contributed by atoms with Gasteiger partial charge in [-0.05, 0) is 40.8 Å². The topological polar surface area (TPSA) is 136 Å². The number of nitrogens with two attached hydrogens (primary N) is 1. The first-order valence-electron chi connectivity index (χ1n) is 9.96. The molecule has 0 bridgehead atoms. The first kappa shape index (κ1) is 25.8. The van der Waals surface area contributed by atoms with Crippen molar-refractivity contribution in [2.24, 2.45) is 10.9 Å². The Morgan fingerprint density at radius 1 is 1.20 bits per heavy atom. The van der Waals surface area contributed by atoms with Crippen LogP contribution in [0.1, 0.15) is 26.7 Å². The zero-order valence-corrected chi connectivity index (χ0v) is 18.3. The molecule has 1 aliphatic heterocycles. The molecule has 0 unspecified atom stereocenters. The van der Waals surface area contributed by atoms with Crippen molar-refractivity contribution in [2.45, 2.75) is 32.3 Å². The molecule has 0 spiro atoms. The van der Waals surface area contributed by atoms with E-state index in [1.807, 2.05) is 14.1 Å². The van der Waals surface area contributed by atoms with E-state index in [0.29, 0.717) is 25.9 Å². The normalized spacial score (nSPS) is 17.7. The van der Waals surface area contributed by atoms with Crippen molar-refractivity contribution in [1.29, 1.82) is 0 Å². The Kier molecular flexibility index (Phi) is 11.3. The molecule has 0 aliphatic carbocycles.